The summed E-state index contributed by atoms with van der Waals surface area (Å²) in [6.45, 7) is 5.11. The first-order valence-electron chi connectivity index (χ1n) is 6.44. The van der Waals surface area contributed by atoms with Crippen LogP contribution in [0.5, 0.6) is 0 Å². The van der Waals surface area contributed by atoms with E-state index in [0.29, 0.717) is 5.82 Å². The smallest absolute Gasteiger partial charge is 0.180 e. The van der Waals surface area contributed by atoms with E-state index in [4.69, 9.17) is 0 Å². The van der Waals surface area contributed by atoms with E-state index < -0.39 is 0 Å². The Bertz CT molecular complexity index is 564. The standard InChI is InChI=1S/C13H18BrN5/c1-4-6-16-13-11(14)9(5-2)17-12(18-13)10-7-15-8-19(10)3/h7-8H,4-6H2,1-3H3,(H,16,17,18). The van der Waals surface area contributed by atoms with Crippen molar-refractivity contribution >= 4 is 21.7 Å². The first kappa shape index (κ1) is 14.0. The van der Waals surface area contributed by atoms with E-state index >= 15 is 0 Å². The molecule has 0 radical (unpaired) electrons. The van der Waals surface area contributed by atoms with Gasteiger partial charge in [0.25, 0.3) is 0 Å². The number of hydrogen-bond acceptors (Lipinski definition) is 4. The number of imidazole rings is 1. The molecule has 0 aliphatic rings. The number of aryl methyl sites for hydroxylation is 2. The van der Waals surface area contributed by atoms with Crippen molar-refractivity contribution < 1.29 is 0 Å². The molecule has 0 aliphatic heterocycles. The van der Waals surface area contributed by atoms with Gasteiger partial charge in [-0.15, -0.1) is 0 Å². The molecule has 0 spiro atoms. The minimum absolute atomic E-state index is 0.707. The molecule has 0 saturated heterocycles. The van der Waals surface area contributed by atoms with Gasteiger partial charge in [-0.25, -0.2) is 15.0 Å². The van der Waals surface area contributed by atoms with Gasteiger partial charge in [0.1, 0.15) is 11.5 Å². The van der Waals surface area contributed by atoms with E-state index in [-0.39, 0.29) is 0 Å². The van der Waals surface area contributed by atoms with Gasteiger partial charge in [-0.3, -0.25) is 0 Å². The summed E-state index contributed by atoms with van der Waals surface area (Å²) in [6.07, 6.45) is 5.45. The highest BCUT2D eigenvalue weighted by Crippen LogP contribution is 2.27. The highest BCUT2D eigenvalue weighted by molar-refractivity contribution is 9.10. The molecule has 0 aromatic carbocycles. The summed E-state index contributed by atoms with van der Waals surface area (Å²) in [5.74, 6) is 1.56. The SMILES string of the molecule is CCCNc1nc(-c2cncn2C)nc(CC)c1Br. The molecule has 2 aromatic heterocycles. The summed E-state index contributed by atoms with van der Waals surface area (Å²) < 4.78 is 2.88. The Morgan fingerprint density at radius 2 is 2.11 bits per heavy atom. The number of nitrogens with one attached hydrogen (secondary N) is 1. The first-order valence-corrected chi connectivity index (χ1v) is 7.23. The van der Waals surface area contributed by atoms with E-state index in [1.165, 1.54) is 0 Å². The second kappa shape index (κ2) is 6.14. The third-order valence-electron chi connectivity index (χ3n) is 2.84. The Kier molecular flexibility index (Phi) is 4.52. The van der Waals surface area contributed by atoms with Crippen molar-refractivity contribution in [3.8, 4) is 11.5 Å². The van der Waals surface area contributed by atoms with Gasteiger partial charge in [0.05, 0.1) is 22.7 Å². The Morgan fingerprint density at radius 1 is 1.32 bits per heavy atom. The van der Waals surface area contributed by atoms with Gasteiger partial charge in [-0.05, 0) is 28.8 Å². The van der Waals surface area contributed by atoms with Crippen LogP contribution in [0.1, 0.15) is 26.0 Å². The zero-order chi connectivity index (χ0) is 13.8. The molecule has 0 aliphatic carbocycles. The van der Waals surface area contributed by atoms with E-state index in [2.05, 4.69) is 50.0 Å². The van der Waals surface area contributed by atoms with Gasteiger partial charge in [0, 0.05) is 13.6 Å². The molecule has 6 heteroatoms. The van der Waals surface area contributed by atoms with Crippen LogP contribution in [0.15, 0.2) is 17.0 Å². The van der Waals surface area contributed by atoms with Crippen LogP contribution in [0, 0.1) is 0 Å². The average molecular weight is 324 g/mol. The molecular weight excluding hydrogens is 306 g/mol. The maximum atomic E-state index is 4.60. The van der Waals surface area contributed by atoms with E-state index in [0.717, 1.165) is 41.1 Å². The molecule has 0 amide bonds. The van der Waals surface area contributed by atoms with Gasteiger partial charge >= 0.3 is 0 Å². The van der Waals surface area contributed by atoms with Crippen molar-refractivity contribution in [2.24, 2.45) is 7.05 Å². The Labute approximate surface area is 121 Å². The first-order chi connectivity index (χ1) is 9.17. The lowest BCUT2D eigenvalue weighted by atomic mass is 10.3. The number of halogens is 1. The summed E-state index contributed by atoms with van der Waals surface area (Å²) in [4.78, 5) is 13.3. The molecule has 0 atom stereocenters. The molecule has 2 heterocycles. The lowest BCUT2D eigenvalue weighted by Crippen LogP contribution is -2.08. The van der Waals surface area contributed by atoms with Crippen molar-refractivity contribution in [2.75, 3.05) is 11.9 Å². The number of rotatable bonds is 5. The molecule has 0 unspecified atom stereocenters. The second-order valence-corrected chi connectivity index (χ2v) is 5.12. The van der Waals surface area contributed by atoms with Crippen LogP contribution in [0.2, 0.25) is 0 Å². The van der Waals surface area contributed by atoms with Gasteiger partial charge in [-0.1, -0.05) is 13.8 Å². The molecule has 0 fully saturated rings. The molecule has 2 aromatic rings. The highest BCUT2D eigenvalue weighted by Gasteiger charge is 2.13. The Morgan fingerprint density at radius 3 is 2.68 bits per heavy atom. The number of hydrogen-bond donors (Lipinski definition) is 1. The minimum Gasteiger partial charge on any atom is -0.369 e. The van der Waals surface area contributed by atoms with Crippen molar-refractivity contribution in [2.45, 2.75) is 26.7 Å². The fraction of sp³-hybridized carbons (Fsp3) is 0.462. The summed E-state index contributed by atoms with van der Waals surface area (Å²) >= 11 is 3.58. The molecule has 0 bridgehead atoms. The highest BCUT2D eigenvalue weighted by atomic mass is 79.9. The van der Waals surface area contributed by atoms with E-state index in [1.807, 2.05) is 11.6 Å². The van der Waals surface area contributed by atoms with Crippen LogP contribution in [0.3, 0.4) is 0 Å². The summed E-state index contributed by atoms with van der Waals surface area (Å²) in [5.41, 5.74) is 1.92. The van der Waals surface area contributed by atoms with Crippen LogP contribution in [-0.4, -0.2) is 26.1 Å². The fourth-order valence-corrected chi connectivity index (χ4v) is 2.37. The van der Waals surface area contributed by atoms with Crippen molar-refractivity contribution in [3.63, 3.8) is 0 Å². The average Bonchev–Trinajstić information content (AvgIpc) is 2.84. The lowest BCUT2D eigenvalue weighted by molar-refractivity contribution is 0.893. The zero-order valence-corrected chi connectivity index (χ0v) is 13.0. The monoisotopic (exact) mass is 323 g/mol. The number of anilines is 1. The van der Waals surface area contributed by atoms with Crippen LogP contribution in [0.25, 0.3) is 11.5 Å². The Balaban J connectivity index is 2.47. The third-order valence-corrected chi connectivity index (χ3v) is 3.68. The predicted octanol–water partition coefficient (Wildman–Crippen LogP) is 3.02. The van der Waals surface area contributed by atoms with Crippen molar-refractivity contribution in [1.29, 1.82) is 0 Å². The van der Waals surface area contributed by atoms with E-state index in [1.54, 1.807) is 12.5 Å². The van der Waals surface area contributed by atoms with Crippen LogP contribution in [0.4, 0.5) is 5.82 Å². The molecule has 5 nitrogen and oxygen atoms in total. The number of nitrogens with zero attached hydrogens (tertiary/aromatic N) is 4. The number of aromatic nitrogens is 4. The minimum atomic E-state index is 0.707. The van der Waals surface area contributed by atoms with Gasteiger partial charge in [0.2, 0.25) is 0 Å². The quantitative estimate of drug-likeness (QED) is 0.918. The predicted molar refractivity (Wildman–Crippen MR) is 80.1 cm³/mol. The topological polar surface area (TPSA) is 55.6 Å². The lowest BCUT2D eigenvalue weighted by Gasteiger charge is -2.12. The largest absolute Gasteiger partial charge is 0.369 e. The zero-order valence-electron chi connectivity index (χ0n) is 11.4. The van der Waals surface area contributed by atoms with Gasteiger partial charge < -0.3 is 9.88 Å². The normalized spacial score (nSPS) is 10.7. The summed E-state index contributed by atoms with van der Waals surface area (Å²) in [6, 6.07) is 0. The second-order valence-electron chi connectivity index (χ2n) is 4.33. The van der Waals surface area contributed by atoms with E-state index in [9.17, 15) is 0 Å². The third kappa shape index (κ3) is 2.94. The fourth-order valence-electron chi connectivity index (χ4n) is 1.78. The summed E-state index contributed by atoms with van der Waals surface area (Å²) in [7, 11) is 1.94. The Hall–Kier alpha value is -1.43. The van der Waals surface area contributed by atoms with Crippen molar-refractivity contribution in [1.82, 2.24) is 19.5 Å². The maximum absolute atomic E-state index is 4.60. The van der Waals surface area contributed by atoms with Crippen molar-refractivity contribution in [3.05, 3.63) is 22.7 Å². The summed E-state index contributed by atoms with van der Waals surface area (Å²) in [5, 5.41) is 3.33. The molecule has 0 saturated carbocycles. The molecule has 1 N–H and O–H groups in total. The van der Waals surface area contributed by atoms with Crippen LogP contribution < -0.4 is 5.32 Å². The van der Waals surface area contributed by atoms with Crippen LogP contribution in [-0.2, 0) is 13.5 Å². The van der Waals surface area contributed by atoms with Gasteiger partial charge in [-0.2, -0.15) is 0 Å². The molecule has 19 heavy (non-hydrogen) atoms. The molecule has 2 rings (SSSR count). The maximum Gasteiger partial charge on any atom is 0.180 e. The van der Waals surface area contributed by atoms with Crippen LogP contribution >= 0.6 is 15.9 Å². The molecular formula is C13H18BrN5. The molecule has 102 valence electrons. The van der Waals surface area contributed by atoms with Gasteiger partial charge in [0.15, 0.2) is 5.82 Å².